The predicted molar refractivity (Wildman–Crippen MR) is 52.8 cm³/mol. The second-order valence-corrected chi connectivity index (χ2v) is 4.49. The summed E-state index contributed by atoms with van der Waals surface area (Å²) in [5.74, 6) is 0. The van der Waals surface area contributed by atoms with Crippen LogP contribution in [0.4, 0.5) is 0 Å². The Morgan fingerprint density at radius 1 is 1.00 bits per heavy atom. The Morgan fingerprint density at radius 2 is 1.58 bits per heavy atom. The van der Waals surface area contributed by atoms with Gasteiger partial charge < -0.3 is 0 Å². The van der Waals surface area contributed by atoms with Gasteiger partial charge >= 0.3 is 0 Å². The highest BCUT2D eigenvalue weighted by molar-refractivity contribution is 5.65. The average Bonchev–Trinajstić information content (AvgIpc) is 2.49. The molecule has 0 bridgehead atoms. The van der Waals surface area contributed by atoms with E-state index in [0.717, 1.165) is 0 Å². The zero-order valence-corrected chi connectivity index (χ0v) is 8.58. The molecule has 0 unspecified atom stereocenters. The summed E-state index contributed by atoms with van der Waals surface area (Å²) in [4.78, 5) is 0. The van der Waals surface area contributed by atoms with Crippen LogP contribution in [0.5, 0.6) is 0 Å². The third-order valence-electron chi connectivity index (χ3n) is 3.40. The van der Waals surface area contributed by atoms with E-state index in [1.807, 2.05) is 0 Å². The summed E-state index contributed by atoms with van der Waals surface area (Å²) in [6.45, 7) is 11.3. The first-order valence-corrected chi connectivity index (χ1v) is 4.58. The Bertz CT molecular complexity index is 357. The molecule has 0 nitrogen and oxygen atoms in total. The maximum absolute atomic E-state index is 2.34. The molecule has 0 heteroatoms. The predicted octanol–water partition coefficient (Wildman–Crippen LogP) is 3.25. The molecule has 0 heterocycles. The lowest BCUT2D eigenvalue weighted by Crippen LogP contribution is -1.91. The summed E-state index contributed by atoms with van der Waals surface area (Å²) in [5, 5.41) is 0. The van der Waals surface area contributed by atoms with Crippen LogP contribution in [0.2, 0.25) is 0 Å². The van der Waals surface area contributed by atoms with Crippen LogP contribution in [0.25, 0.3) is 0 Å². The van der Waals surface area contributed by atoms with Crippen molar-refractivity contribution in [3.8, 4) is 0 Å². The number of hydrogen-bond donors (Lipinski definition) is 0. The molecular formula is C12H16. The van der Waals surface area contributed by atoms with Crippen molar-refractivity contribution < 1.29 is 0 Å². The van der Waals surface area contributed by atoms with E-state index in [1.165, 1.54) is 16.7 Å². The van der Waals surface area contributed by atoms with Gasteiger partial charge in [-0.15, -0.1) is 0 Å². The third-order valence-corrected chi connectivity index (χ3v) is 3.40. The van der Waals surface area contributed by atoms with Crippen LogP contribution in [0, 0.1) is 20.8 Å². The highest BCUT2D eigenvalue weighted by Crippen LogP contribution is 2.52. The van der Waals surface area contributed by atoms with Crippen LogP contribution >= 0.6 is 0 Å². The van der Waals surface area contributed by atoms with Gasteiger partial charge in [0.05, 0.1) is 0 Å². The molecule has 0 amide bonds. The Kier molecular flexibility index (Phi) is 1.26. The number of benzene rings is 1. The first-order chi connectivity index (χ1) is 5.46. The van der Waals surface area contributed by atoms with Crippen molar-refractivity contribution in [2.24, 2.45) is 0 Å². The van der Waals surface area contributed by atoms with Crippen molar-refractivity contribution in [2.75, 3.05) is 0 Å². The number of hydrogen-bond acceptors (Lipinski definition) is 0. The summed E-state index contributed by atoms with van der Waals surface area (Å²) in [5.41, 5.74) is 7.95. The maximum atomic E-state index is 2.34. The molecule has 0 N–H and O–H groups in total. The number of aryl methyl sites for hydroxylation is 1. The minimum Gasteiger partial charge on any atom is -0.0546 e. The van der Waals surface area contributed by atoms with Crippen LogP contribution < -0.4 is 0 Å². The van der Waals surface area contributed by atoms with Crippen LogP contribution in [-0.4, -0.2) is 0 Å². The lowest BCUT2D eigenvalue weighted by molar-refractivity contribution is 0.789. The summed E-state index contributed by atoms with van der Waals surface area (Å²) < 4.78 is 0. The van der Waals surface area contributed by atoms with Gasteiger partial charge in [-0.3, -0.25) is 0 Å². The van der Waals surface area contributed by atoms with Gasteiger partial charge in [0.15, 0.2) is 0 Å². The minimum absolute atomic E-state index is 0.378. The molecule has 0 spiro atoms. The molecule has 1 aliphatic rings. The van der Waals surface area contributed by atoms with Gasteiger partial charge in [-0.25, -0.2) is 0 Å². The highest BCUT2D eigenvalue weighted by atomic mass is 14.5. The first kappa shape index (κ1) is 7.85. The van der Waals surface area contributed by atoms with E-state index in [2.05, 4.69) is 40.7 Å². The van der Waals surface area contributed by atoms with Gasteiger partial charge in [-0.2, -0.15) is 0 Å². The van der Waals surface area contributed by atoms with Crippen molar-refractivity contribution in [2.45, 2.75) is 40.0 Å². The molecule has 0 aromatic heterocycles. The molecule has 1 aromatic rings. The fourth-order valence-electron chi connectivity index (χ4n) is 2.23. The van der Waals surface area contributed by atoms with E-state index in [1.54, 1.807) is 11.1 Å². The molecule has 12 heavy (non-hydrogen) atoms. The first-order valence-electron chi connectivity index (χ1n) is 4.58. The second-order valence-electron chi connectivity index (χ2n) is 4.49. The standard InChI is InChI=1S/C12H16/c1-7-6-10-11(12(10,4)5)9(3)8(7)2/h6H,1-5H3. The molecule has 64 valence electrons. The van der Waals surface area contributed by atoms with Gasteiger partial charge in [0.25, 0.3) is 0 Å². The Labute approximate surface area is 74.6 Å². The smallest absolute Gasteiger partial charge is 0.0155 e. The van der Waals surface area contributed by atoms with Crippen LogP contribution in [0.1, 0.15) is 41.7 Å². The van der Waals surface area contributed by atoms with Crippen LogP contribution in [-0.2, 0) is 5.41 Å². The largest absolute Gasteiger partial charge is 0.0546 e. The van der Waals surface area contributed by atoms with Gasteiger partial charge in [0, 0.05) is 5.41 Å². The van der Waals surface area contributed by atoms with E-state index >= 15 is 0 Å². The molecule has 0 fully saturated rings. The maximum Gasteiger partial charge on any atom is 0.0155 e. The quantitative estimate of drug-likeness (QED) is 0.546. The van der Waals surface area contributed by atoms with Crippen molar-refractivity contribution in [3.63, 3.8) is 0 Å². The van der Waals surface area contributed by atoms with E-state index < -0.39 is 0 Å². The normalized spacial score (nSPS) is 17.4. The van der Waals surface area contributed by atoms with E-state index in [-0.39, 0.29) is 0 Å². The molecular weight excluding hydrogens is 144 g/mol. The van der Waals surface area contributed by atoms with Crippen molar-refractivity contribution in [1.29, 1.82) is 0 Å². The molecule has 0 aliphatic heterocycles. The number of fused-ring (bicyclic) bond motifs is 1. The average molecular weight is 160 g/mol. The van der Waals surface area contributed by atoms with Crippen LogP contribution in [0.3, 0.4) is 0 Å². The molecule has 2 rings (SSSR count). The molecule has 1 aromatic carbocycles. The van der Waals surface area contributed by atoms with Gasteiger partial charge in [-0.1, -0.05) is 19.9 Å². The molecule has 1 aliphatic carbocycles. The van der Waals surface area contributed by atoms with Gasteiger partial charge in [0.1, 0.15) is 0 Å². The van der Waals surface area contributed by atoms with Gasteiger partial charge in [0.2, 0.25) is 0 Å². The summed E-state index contributed by atoms with van der Waals surface area (Å²) >= 11 is 0. The summed E-state index contributed by atoms with van der Waals surface area (Å²) in [6.07, 6.45) is 0. The van der Waals surface area contributed by atoms with Crippen molar-refractivity contribution >= 4 is 0 Å². The fourth-order valence-corrected chi connectivity index (χ4v) is 2.23. The Balaban J connectivity index is 2.70. The monoisotopic (exact) mass is 160 g/mol. The zero-order valence-electron chi connectivity index (χ0n) is 8.58. The zero-order chi connectivity index (χ0) is 9.09. The topological polar surface area (TPSA) is 0 Å². The molecule has 0 atom stereocenters. The van der Waals surface area contributed by atoms with E-state index in [4.69, 9.17) is 0 Å². The molecule has 0 saturated carbocycles. The Hall–Kier alpha value is -0.780. The van der Waals surface area contributed by atoms with E-state index in [9.17, 15) is 0 Å². The number of rotatable bonds is 0. The third kappa shape index (κ3) is 0.730. The SMILES string of the molecule is Cc1cc2c(c(C)c1C)C2(C)C. The summed E-state index contributed by atoms with van der Waals surface area (Å²) in [7, 11) is 0. The highest BCUT2D eigenvalue weighted by Gasteiger charge is 2.43. The van der Waals surface area contributed by atoms with Crippen molar-refractivity contribution in [1.82, 2.24) is 0 Å². The van der Waals surface area contributed by atoms with Gasteiger partial charge in [-0.05, 0) is 48.6 Å². The Morgan fingerprint density at radius 3 is 2.17 bits per heavy atom. The van der Waals surface area contributed by atoms with Crippen molar-refractivity contribution in [3.05, 3.63) is 33.9 Å². The van der Waals surface area contributed by atoms with Crippen LogP contribution in [0.15, 0.2) is 6.07 Å². The second kappa shape index (κ2) is 1.93. The summed E-state index contributed by atoms with van der Waals surface area (Å²) in [6, 6.07) is 2.34. The molecule has 0 saturated heterocycles. The van der Waals surface area contributed by atoms with E-state index in [0.29, 0.717) is 5.41 Å². The lowest BCUT2D eigenvalue weighted by Gasteiger charge is -2.01. The minimum atomic E-state index is 0.378. The lowest BCUT2D eigenvalue weighted by atomic mass is 10.0. The fraction of sp³-hybridized carbons (Fsp3) is 0.500. The molecule has 0 radical (unpaired) electrons.